The molecular weight excluding hydrogens is 349 g/mol. The molecule has 0 radical (unpaired) electrons. The van der Waals surface area contributed by atoms with Gasteiger partial charge >= 0.3 is 0 Å². The minimum atomic E-state index is -0.511. The average molecular weight is 374 g/mol. The SMILES string of the molecule is CCN(CC(=O)NCc1ccc(F)cc1)C(=O)[C@@H]1CC[C@H](CN)O1.Cl. The number of hydrogen-bond acceptors (Lipinski definition) is 4. The third-order valence-corrected chi connectivity index (χ3v) is 4.08. The van der Waals surface area contributed by atoms with E-state index in [0.717, 1.165) is 12.0 Å². The van der Waals surface area contributed by atoms with Crippen LogP contribution in [0.3, 0.4) is 0 Å². The van der Waals surface area contributed by atoms with E-state index in [1.165, 1.54) is 17.0 Å². The zero-order valence-corrected chi connectivity index (χ0v) is 15.1. The van der Waals surface area contributed by atoms with Crippen molar-refractivity contribution in [2.75, 3.05) is 19.6 Å². The third kappa shape index (κ3) is 6.26. The predicted octanol–water partition coefficient (Wildman–Crippen LogP) is 1.22. The fraction of sp³-hybridized carbons (Fsp3) is 0.529. The molecule has 2 amide bonds. The Morgan fingerprint density at radius 2 is 2.00 bits per heavy atom. The first-order chi connectivity index (χ1) is 11.5. The lowest BCUT2D eigenvalue weighted by Crippen LogP contribution is -2.45. The van der Waals surface area contributed by atoms with Gasteiger partial charge in [-0.2, -0.15) is 0 Å². The highest BCUT2D eigenvalue weighted by molar-refractivity contribution is 5.87. The molecule has 8 heteroatoms. The summed E-state index contributed by atoms with van der Waals surface area (Å²) in [7, 11) is 0. The Bertz CT molecular complexity index is 571. The maximum atomic E-state index is 12.8. The van der Waals surface area contributed by atoms with Crippen molar-refractivity contribution in [1.29, 1.82) is 0 Å². The summed E-state index contributed by atoms with van der Waals surface area (Å²) in [6.07, 6.45) is 0.809. The van der Waals surface area contributed by atoms with Gasteiger partial charge in [0.15, 0.2) is 0 Å². The first kappa shape index (κ1) is 21.3. The number of nitrogens with zero attached hydrogens (tertiary/aromatic N) is 1. The Hall–Kier alpha value is -1.70. The van der Waals surface area contributed by atoms with Crippen LogP contribution in [0, 0.1) is 5.82 Å². The lowest BCUT2D eigenvalue weighted by atomic mass is 10.2. The molecule has 0 aliphatic carbocycles. The largest absolute Gasteiger partial charge is 0.364 e. The first-order valence-electron chi connectivity index (χ1n) is 8.19. The summed E-state index contributed by atoms with van der Waals surface area (Å²) < 4.78 is 18.4. The lowest BCUT2D eigenvalue weighted by Gasteiger charge is -2.23. The number of rotatable bonds is 7. The van der Waals surface area contributed by atoms with Gasteiger partial charge in [-0.05, 0) is 37.5 Å². The van der Waals surface area contributed by atoms with Crippen molar-refractivity contribution in [2.45, 2.75) is 38.5 Å². The Balaban J connectivity index is 0.00000312. The minimum absolute atomic E-state index is 0. The Kier molecular flexibility index (Phi) is 8.82. The van der Waals surface area contributed by atoms with Gasteiger partial charge in [-0.3, -0.25) is 9.59 Å². The van der Waals surface area contributed by atoms with Crippen LogP contribution in [-0.4, -0.2) is 48.6 Å². The molecule has 1 aromatic rings. The van der Waals surface area contributed by atoms with Crippen molar-refractivity contribution >= 4 is 24.2 Å². The minimum Gasteiger partial charge on any atom is -0.364 e. The van der Waals surface area contributed by atoms with Crippen molar-refractivity contribution < 1.29 is 18.7 Å². The van der Waals surface area contributed by atoms with E-state index in [4.69, 9.17) is 10.5 Å². The van der Waals surface area contributed by atoms with Crippen LogP contribution in [0.4, 0.5) is 4.39 Å². The summed E-state index contributed by atoms with van der Waals surface area (Å²) in [4.78, 5) is 26.0. The highest BCUT2D eigenvalue weighted by Crippen LogP contribution is 2.20. The summed E-state index contributed by atoms with van der Waals surface area (Å²) in [6.45, 7) is 2.91. The third-order valence-electron chi connectivity index (χ3n) is 4.08. The highest BCUT2D eigenvalue weighted by Gasteiger charge is 2.32. The Morgan fingerprint density at radius 1 is 1.32 bits per heavy atom. The van der Waals surface area contributed by atoms with E-state index < -0.39 is 6.10 Å². The maximum Gasteiger partial charge on any atom is 0.252 e. The highest BCUT2D eigenvalue weighted by atomic mass is 35.5. The van der Waals surface area contributed by atoms with Crippen LogP contribution in [0.15, 0.2) is 24.3 Å². The smallest absolute Gasteiger partial charge is 0.252 e. The van der Waals surface area contributed by atoms with Crippen LogP contribution in [-0.2, 0) is 20.9 Å². The number of amides is 2. The van der Waals surface area contributed by atoms with E-state index >= 15 is 0 Å². The van der Waals surface area contributed by atoms with Gasteiger partial charge in [0.05, 0.1) is 12.6 Å². The second-order valence-corrected chi connectivity index (χ2v) is 5.82. The molecule has 3 N–H and O–H groups in total. The van der Waals surface area contributed by atoms with Crippen LogP contribution in [0.2, 0.25) is 0 Å². The molecule has 1 aliphatic rings. The molecule has 1 saturated heterocycles. The second kappa shape index (κ2) is 10.3. The second-order valence-electron chi connectivity index (χ2n) is 5.82. The number of ether oxygens (including phenoxy) is 1. The number of nitrogens with one attached hydrogen (secondary N) is 1. The standard InChI is InChI=1S/C17H24FN3O3.ClH/c1-2-21(17(23)15-8-7-14(9-19)24-15)11-16(22)20-10-12-3-5-13(18)6-4-12;/h3-6,14-15H,2,7-11,19H2,1H3,(H,20,22);1H/t14-,15+;/m1./s1. The molecule has 0 bridgehead atoms. The van der Waals surface area contributed by atoms with Crippen LogP contribution >= 0.6 is 12.4 Å². The lowest BCUT2D eigenvalue weighted by molar-refractivity contribution is -0.145. The van der Waals surface area contributed by atoms with Crippen molar-refractivity contribution in [2.24, 2.45) is 5.73 Å². The zero-order valence-electron chi connectivity index (χ0n) is 14.2. The van der Waals surface area contributed by atoms with E-state index in [9.17, 15) is 14.0 Å². The maximum absolute atomic E-state index is 12.8. The van der Waals surface area contributed by atoms with Gasteiger partial charge in [0.25, 0.3) is 5.91 Å². The normalized spacial score (nSPS) is 19.2. The number of benzene rings is 1. The van der Waals surface area contributed by atoms with E-state index in [1.54, 1.807) is 12.1 Å². The van der Waals surface area contributed by atoms with Crippen LogP contribution in [0.5, 0.6) is 0 Å². The summed E-state index contributed by atoms with van der Waals surface area (Å²) in [5, 5.41) is 2.73. The summed E-state index contributed by atoms with van der Waals surface area (Å²) in [5.41, 5.74) is 6.35. The van der Waals surface area contributed by atoms with Crippen molar-refractivity contribution in [1.82, 2.24) is 10.2 Å². The number of carbonyl (C=O) groups is 2. The van der Waals surface area contributed by atoms with E-state index in [-0.39, 0.29) is 42.7 Å². The molecule has 0 aromatic heterocycles. The summed E-state index contributed by atoms with van der Waals surface area (Å²) >= 11 is 0. The number of likely N-dealkylation sites (N-methyl/N-ethyl adjacent to an activating group) is 1. The monoisotopic (exact) mass is 373 g/mol. The van der Waals surface area contributed by atoms with Crippen molar-refractivity contribution in [3.05, 3.63) is 35.6 Å². The van der Waals surface area contributed by atoms with E-state index in [1.807, 2.05) is 6.92 Å². The van der Waals surface area contributed by atoms with Gasteiger partial charge in [-0.25, -0.2) is 4.39 Å². The molecule has 25 heavy (non-hydrogen) atoms. The molecule has 6 nitrogen and oxygen atoms in total. The fourth-order valence-electron chi connectivity index (χ4n) is 2.64. The topological polar surface area (TPSA) is 84.7 Å². The predicted molar refractivity (Wildman–Crippen MR) is 94.7 cm³/mol. The summed E-state index contributed by atoms with van der Waals surface area (Å²) in [5.74, 6) is -0.756. The molecule has 0 spiro atoms. The molecule has 1 aromatic carbocycles. The molecule has 1 aliphatic heterocycles. The molecular formula is C17H25ClFN3O3. The van der Waals surface area contributed by atoms with E-state index in [2.05, 4.69) is 5.32 Å². The number of halogens is 2. The van der Waals surface area contributed by atoms with Crippen molar-refractivity contribution in [3.8, 4) is 0 Å². The fourth-order valence-corrected chi connectivity index (χ4v) is 2.64. The van der Waals surface area contributed by atoms with Gasteiger partial charge in [0.1, 0.15) is 11.9 Å². The Labute approximate surface area is 153 Å². The molecule has 0 saturated carbocycles. The first-order valence-corrected chi connectivity index (χ1v) is 8.19. The molecule has 140 valence electrons. The van der Waals surface area contributed by atoms with Crippen molar-refractivity contribution in [3.63, 3.8) is 0 Å². The average Bonchev–Trinajstić information content (AvgIpc) is 3.07. The number of hydrogen-bond donors (Lipinski definition) is 2. The van der Waals surface area contributed by atoms with Gasteiger partial charge in [0.2, 0.25) is 5.91 Å². The van der Waals surface area contributed by atoms with Crippen LogP contribution in [0.1, 0.15) is 25.3 Å². The zero-order chi connectivity index (χ0) is 17.5. The molecule has 1 heterocycles. The van der Waals surface area contributed by atoms with Crippen LogP contribution < -0.4 is 11.1 Å². The molecule has 2 rings (SSSR count). The quantitative estimate of drug-likeness (QED) is 0.752. The number of carbonyl (C=O) groups excluding carboxylic acids is 2. The van der Waals surface area contributed by atoms with Gasteiger partial charge in [-0.1, -0.05) is 12.1 Å². The Morgan fingerprint density at radius 3 is 2.56 bits per heavy atom. The molecule has 2 atom stereocenters. The van der Waals surface area contributed by atoms with E-state index in [0.29, 0.717) is 26.1 Å². The molecule has 1 fully saturated rings. The summed E-state index contributed by atoms with van der Waals surface area (Å²) in [6, 6.07) is 5.90. The van der Waals surface area contributed by atoms with Crippen LogP contribution in [0.25, 0.3) is 0 Å². The van der Waals surface area contributed by atoms with Gasteiger partial charge in [-0.15, -0.1) is 12.4 Å². The molecule has 0 unspecified atom stereocenters. The van der Waals surface area contributed by atoms with Gasteiger partial charge in [0, 0.05) is 19.6 Å². The number of nitrogens with two attached hydrogens (primary N) is 1. The van der Waals surface area contributed by atoms with Gasteiger partial charge < -0.3 is 20.7 Å².